The second kappa shape index (κ2) is 12.7. The fourth-order valence-corrected chi connectivity index (χ4v) is 3.99. The molecule has 0 aliphatic carbocycles. The van der Waals surface area contributed by atoms with Crippen LogP contribution in [0.15, 0.2) is 59.6 Å². The number of amides is 1. The largest absolute Gasteiger partial charge is 0.357 e. The first-order chi connectivity index (χ1) is 14.7. The number of likely N-dealkylation sites (tertiary alicyclic amines) is 1. The lowest BCUT2D eigenvalue weighted by molar-refractivity contribution is 0.0773. The first-order valence-electron chi connectivity index (χ1n) is 11.1. The van der Waals surface area contributed by atoms with Crippen LogP contribution >= 0.6 is 24.0 Å². The molecule has 0 radical (unpaired) electrons. The average Bonchev–Trinajstić information content (AvgIpc) is 3.28. The molecule has 1 atom stereocenters. The van der Waals surface area contributed by atoms with E-state index in [0.717, 1.165) is 56.2 Å². The smallest absolute Gasteiger partial charge is 0.253 e. The third-order valence-corrected chi connectivity index (χ3v) is 5.76. The third kappa shape index (κ3) is 6.69. The molecule has 0 aromatic heterocycles. The van der Waals surface area contributed by atoms with Crippen LogP contribution in [0.25, 0.3) is 0 Å². The van der Waals surface area contributed by atoms with Crippen molar-refractivity contribution < 1.29 is 4.79 Å². The normalized spacial score (nSPS) is 16.0. The zero-order chi connectivity index (χ0) is 21.3. The van der Waals surface area contributed by atoms with Crippen LogP contribution in [0.1, 0.15) is 54.6 Å². The van der Waals surface area contributed by atoms with E-state index in [0.29, 0.717) is 12.5 Å². The van der Waals surface area contributed by atoms with Gasteiger partial charge in [-0.15, -0.1) is 24.0 Å². The maximum absolute atomic E-state index is 12.5. The summed E-state index contributed by atoms with van der Waals surface area (Å²) in [6.07, 6.45) is 1.15. The Balaban J connectivity index is 0.00000341. The van der Waals surface area contributed by atoms with Gasteiger partial charge in [0.1, 0.15) is 0 Å². The Morgan fingerprint density at radius 2 is 1.74 bits per heavy atom. The van der Waals surface area contributed by atoms with Crippen LogP contribution < -0.4 is 5.32 Å². The minimum Gasteiger partial charge on any atom is -0.357 e. The molecule has 1 N–H and O–H groups in total. The van der Waals surface area contributed by atoms with Gasteiger partial charge in [-0.05, 0) is 50.5 Å². The molecule has 1 amide bonds. The van der Waals surface area contributed by atoms with E-state index in [1.807, 2.05) is 43.0 Å². The van der Waals surface area contributed by atoms with Crippen LogP contribution in [0, 0.1) is 0 Å². The van der Waals surface area contributed by atoms with Crippen LogP contribution in [0.3, 0.4) is 0 Å². The highest BCUT2D eigenvalue weighted by molar-refractivity contribution is 14.0. The number of aliphatic imine (C=N–C) groups is 1. The van der Waals surface area contributed by atoms with Crippen LogP contribution in [-0.4, -0.2) is 54.4 Å². The zero-order valence-corrected chi connectivity index (χ0v) is 21.2. The van der Waals surface area contributed by atoms with Crippen LogP contribution in [0.2, 0.25) is 0 Å². The fourth-order valence-electron chi connectivity index (χ4n) is 3.99. The molecule has 168 valence electrons. The molecular formula is C25H35IN4O. The maximum atomic E-state index is 12.5. The Labute approximate surface area is 203 Å². The van der Waals surface area contributed by atoms with E-state index in [1.165, 1.54) is 5.56 Å². The molecule has 0 spiro atoms. The van der Waals surface area contributed by atoms with Crippen molar-refractivity contribution >= 4 is 35.8 Å². The van der Waals surface area contributed by atoms with Gasteiger partial charge in [0, 0.05) is 44.2 Å². The Kier molecular flexibility index (Phi) is 10.3. The zero-order valence-electron chi connectivity index (χ0n) is 18.9. The highest BCUT2D eigenvalue weighted by Crippen LogP contribution is 2.27. The summed E-state index contributed by atoms with van der Waals surface area (Å²) in [5.74, 6) is 1.62. The summed E-state index contributed by atoms with van der Waals surface area (Å²) in [4.78, 5) is 21.5. The van der Waals surface area contributed by atoms with Crippen molar-refractivity contribution in [2.45, 2.75) is 39.7 Å². The van der Waals surface area contributed by atoms with Gasteiger partial charge in [0.2, 0.25) is 0 Å². The molecule has 1 aliphatic heterocycles. The van der Waals surface area contributed by atoms with E-state index in [4.69, 9.17) is 4.99 Å². The van der Waals surface area contributed by atoms with Gasteiger partial charge in [-0.25, -0.2) is 4.99 Å². The van der Waals surface area contributed by atoms with Gasteiger partial charge in [-0.2, -0.15) is 0 Å². The lowest BCUT2D eigenvalue weighted by Crippen LogP contribution is -2.40. The topological polar surface area (TPSA) is 47.9 Å². The van der Waals surface area contributed by atoms with Gasteiger partial charge < -0.3 is 15.1 Å². The minimum atomic E-state index is 0. The van der Waals surface area contributed by atoms with Crippen molar-refractivity contribution in [2.75, 3.05) is 32.7 Å². The van der Waals surface area contributed by atoms with Crippen molar-refractivity contribution in [3.05, 3.63) is 71.3 Å². The summed E-state index contributed by atoms with van der Waals surface area (Å²) < 4.78 is 0. The average molecular weight is 534 g/mol. The summed E-state index contributed by atoms with van der Waals surface area (Å²) in [6.45, 7) is 11.0. The quantitative estimate of drug-likeness (QED) is 0.317. The predicted octanol–water partition coefficient (Wildman–Crippen LogP) is 4.74. The molecule has 5 nitrogen and oxygen atoms in total. The first kappa shape index (κ1) is 25.2. The highest BCUT2D eigenvalue weighted by atomic mass is 127. The molecule has 0 saturated carbocycles. The molecule has 1 saturated heterocycles. The molecule has 0 bridgehead atoms. The molecule has 3 rings (SSSR count). The standard InChI is InChI=1S/C25H34N4O.HI/c1-4-26-25(29-17-16-23(19-29)21-10-8-7-9-11-21)27-18-20-12-14-22(15-13-20)24(30)28(5-2)6-3;/h7-15,23H,4-6,16-19H2,1-3H3,(H,26,27);1H. The van der Waals surface area contributed by atoms with Crippen molar-refractivity contribution in [3.8, 4) is 0 Å². The highest BCUT2D eigenvalue weighted by Gasteiger charge is 2.25. The van der Waals surface area contributed by atoms with Gasteiger partial charge >= 0.3 is 0 Å². The Hall–Kier alpha value is -2.09. The van der Waals surface area contributed by atoms with Crippen LogP contribution in [0.5, 0.6) is 0 Å². The number of carbonyl (C=O) groups excluding carboxylic acids is 1. The Bertz CT molecular complexity index is 834. The molecule has 31 heavy (non-hydrogen) atoms. The van der Waals surface area contributed by atoms with E-state index in [1.54, 1.807) is 0 Å². The molecule has 6 heteroatoms. The second-order valence-electron chi connectivity index (χ2n) is 7.69. The number of hydrogen-bond acceptors (Lipinski definition) is 2. The summed E-state index contributed by atoms with van der Waals surface area (Å²) in [5.41, 5.74) is 3.26. The van der Waals surface area contributed by atoms with Crippen molar-refractivity contribution in [3.63, 3.8) is 0 Å². The van der Waals surface area contributed by atoms with Gasteiger partial charge in [-0.3, -0.25) is 4.79 Å². The predicted molar refractivity (Wildman–Crippen MR) is 139 cm³/mol. The summed E-state index contributed by atoms with van der Waals surface area (Å²) in [6, 6.07) is 18.6. The first-order valence-corrected chi connectivity index (χ1v) is 11.1. The van der Waals surface area contributed by atoms with Crippen molar-refractivity contribution in [2.24, 2.45) is 4.99 Å². The molecule has 1 aliphatic rings. The number of guanidine groups is 1. The monoisotopic (exact) mass is 534 g/mol. The SMILES string of the molecule is CCNC(=NCc1ccc(C(=O)N(CC)CC)cc1)N1CCC(c2ccccc2)C1.I. The van der Waals surface area contributed by atoms with E-state index in [-0.39, 0.29) is 29.9 Å². The summed E-state index contributed by atoms with van der Waals surface area (Å²) in [5, 5.41) is 3.44. The summed E-state index contributed by atoms with van der Waals surface area (Å²) >= 11 is 0. The number of carbonyl (C=O) groups is 1. The lowest BCUT2D eigenvalue weighted by atomic mass is 9.99. The third-order valence-electron chi connectivity index (χ3n) is 5.76. The summed E-state index contributed by atoms with van der Waals surface area (Å²) in [7, 11) is 0. The van der Waals surface area contributed by atoms with E-state index >= 15 is 0 Å². The molecule has 2 aromatic rings. The van der Waals surface area contributed by atoms with E-state index in [9.17, 15) is 4.79 Å². The number of nitrogens with one attached hydrogen (secondary N) is 1. The van der Waals surface area contributed by atoms with Crippen LogP contribution in [-0.2, 0) is 6.54 Å². The number of nitrogens with zero attached hydrogens (tertiary/aromatic N) is 3. The molecule has 2 aromatic carbocycles. The number of hydrogen-bond donors (Lipinski definition) is 1. The van der Waals surface area contributed by atoms with Gasteiger partial charge in [-0.1, -0.05) is 42.5 Å². The number of rotatable bonds is 7. The Morgan fingerprint density at radius 1 is 1.06 bits per heavy atom. The molecule has 1 fully saturated rings. The fraction of sp³-hybridized carbons (Fsp3) is 0.440. The lowest BCUT2D eigenvalue weighted by Gasteiger charge is -2.22. The van der Waals surface area contributed by atoms with Crippen molar-refractivity contribution in [1.82, 2.24) is 15.1 Å². The number of benzene rings is 2. The van der Waals surface area contributed by atoms with E-state index in [2.05, 4.69) is 47.5 Å². The maximum Gasteiger partial charge on any atom is 0.253 e. The molecular weight excluding hydrogens is 499 g/mol. The van der Waals surface area contributed by atoms with Gasteiger partial charge in [0.15, 0.2) is 5.96 Å². The molecule has 1 unspecified atom stereocenters. The number of halogens is 1. The minimum absolute atomic E-state index is 0. The van der Waals surface area contributed by atoms with Gasteiger partial charge in [0.25, 0.3) is 5.91 Å². The second-order valence-corrected chi connectivity index (χ2v) is 7.69. The van der Waals surface area contributed by atoms with Crippen molar-refractivity contribution in [1.29, 1.82) is 0 Å². The van der Waals surface area contributed by atoms with E-state index < -0.39 is 0 Å². The van der Waals surface area contributed by atoms with Crippen LogP contribution in [0.4, 0.5) is 0 Å². The molecule has 1 heterocycles. The Morgan fingerprint density at radius 3 is 2.35 bits per heavy atom. The van der Waals surface area contributed by atoms with Gasteiger partial charge in [0.05, 0.1) is 6.54 Å².